The van der Waals surface area contributed by atoms with Gasteiger partial charge in [-0.2, -0.15) is 0 Å². The maximum absolute atomic E-state index is 11.5. The molecule has 1 aliphatic heterocycles. The molecule has 1 saturated heterocycles. The zero-order valence-corrected chi connectivity index (χ0v) is 13.9. The molecule has 3 rings (SSSR count). The lowest BCUT2D eigenvalue weighted by molar-refractivity contribution is 0.511. The standard InChI is InChI=1S/C15H14ClNO3S2/c16-13-8-22(18,19)9-14(13)17-15(21)20-12-6-5-10-3-1-2-4-11(10)7-12/h1-7,13-14H,8-9H2,(H,17,21). The van der Waals surface area contributed by atoms with Crippen LogP contribution in [-0.4, -0.2) is 36.5 Å². The van der Waals surface area contributed by atoms with Gasteiger partial charge in [0.05, 0.1) is 22.9 Å². The summed E-state index contributed by atoms with van der Waals surface area (Å²) >= 11 is 11.2. The van der Waals surface area contributed by atoms with E-state index in [2.05, 4.69) is 5.32 Å². The predicted molar refractivity (Wildman–Crippen MR) is 92.4 cm³/mol. The van der Waals surface area contributed by atoms with Crippen molar-refractivity contribution < 1.29 is 13.2 Å². The molecule has 2 unspecified atom stereocenters. The maximum atomic E-state index is 11.5. The Morgan fingerprint density at radius 1 is 1.18 bits per heavy atom. The lowest BCUT2D eigenvalue weighted by atomic mass is 10.1. The highest BCUT2D eigenvalue weighted by molar-refractivity contribution is 7.91. The molecule has 0 radical (unpaired) electrons. The third-order valence-corrected chi connectivity index (χ3v) is 6.09. The van der Waals surface area contributed by atoms with Crippen molar-refractivity contribution in [3.05, 3.63) is 42.5 Å². The molecule has 2 aromatic rings. The summed E-state index contributed by atoms with van der Waals surface area (Å²) in [7, 11) is -3.10. The van der Waals surface area contributed by atoms with Crippen LogP contribution in [0, 0.1) is 0 Å². The van der Waals surface area contributed by atoms with Crippen molar-refractivity contribution in [1.82, 2.24) is 5.32 Å². The van der Waals surface area contributed by atoms with Crippen molar-refractivity contribution in [1.29, 1.82) is 0 Å². The van der Waals surface area contributed by atoms with Crippen LogP contribution in [0.15, 0.2) is 42.5 Å². The van der Waals surface area contributed by atoms with Gasteiger partial charge in [0.25, 0.3) is 5.17 Å². The summed E-state index contributed by atoms with van der Waals surface area (Å²) in [5.74, 6) is 0.538. The first-order valence-electron chi connectivity index (χ1n) is 6.75. The first-order chi connectivity index (χ1) is 10.4. The fourth-order valence-corrected chi connectivity index (χ4v) is 5.25. The van der Waals surface area contributed by atoms with Gasteiger partial charge >= 0.3 is 0 Å². The molecule has 2 atom stereocenters. The van der Waals surface area contributed by atoms with Gasteiger partial charge in [-0.15, -0.1) is 11.6 Å². The monoisotopic (exact) mass is 355 g/mol. The number of sulfone groups is 1. The molecule has 0 spiro atoms. The SMILES string of the molecule is O=S1(=O)CC(Cl)C(NC(=S)Oc2ccc3ccccc3c2)C1. The molecule has 0 saturated carbocycles. The molecule has 1 heterocycles. The van der Waals surface area contributed by atoms with Crippen LogP contribution in [0.1, 0.15) is 0 Å². The summed E-state index contributed by atoms with van der Waals surface area (Å²) in [5, 5.41) is 4.66. The van der Waals surface area contributed by atoms with Gasteiger partial charge < -0.3 is 10.1 Å². The Balaban J connectivity index is 1.68. The van der Waals surface area contributed by atoms with Crippen LogP contribution < -0.4 is 10.1 Å². The number of ether oxygens (including phenoxy) is 1. The fraction of sp³-hybridized carbons (Fsp3) is 0.267. The summed E-state index contributed by atoms with van der Waals surface area (Å²) < 4.78 is 28.6. The molecule has 2 aromatic carbocycles. The van der Waals surface area contributed by atoms with Gasteiger partial charge in [0.15, 0.2) is 9.84 Å². The quantitative estimate of drug-likeness (QED) is 0.662. The number of hydrogen-bond donors (Lipinski definition) is 1. The van der Waals surface area contributed by atoms with E-state index in [-0.39, 0.29) is 16.7 Å². The van der Waals surface area contributed by atoms with Crippen LogP contribution in [0.2, 0.25) is 0 Å². The number of alkyl halides is 1. The second-order valence-electron chi connectivity index (χ2n) is 5.24. The topological polar surface area (TPSA) is 55.4 Å². The molecular weight excluding hydrogens is 342 g/mol. The normalized spacial score (nSPS) is 23.3. The Hall–Kier alpha value is -1.37. The zero-order chi connectivity index (χ0) is 15.7. The first kappa shape index (κ1) is 15.5. The van der Waals surface area contributed by atoms with Gasteiger partial charge in [-0.05, 0) is 35.1 Å². The summed E-state index contributed by atoms with van der Waals surface area (Å²) in [5.41, 5.74) is 0. The number of thiocarbonyl (C=S) groups is 1. The van der Waals surface area contributed by atoms with Crippen LogP contribution in [0.25, 0.3) is 10.8 Å². The number of fused-ring (bicyclic) bond motifs is 1. The van der Waals surface area contributed by atoms with Crippen LogP contribution >= 0.6 is 23.8 Å². The average molecular weight is 356 g/mol. The van der Waals surface area contributed by atoms with Crippen LogP contribution in [-0.2, 0) is 9.84 Å². The van der Waals surface area contributed by atoms with Gasteiger partial charge in [0.2, 0.25) is 0 Å². The van der Waals surface area contributed by atoms with Gasteiger partial charge in [-0.3, -0.25) is 0 Å². The van der Waals surface area contributed by atoms with E-state index in [1.807, 2.05) is 42.5 Å². The van der Waals surface area contributed by atoms with E-state index >= 15 is 0 Å². The molecule has 1 fully saturated rings. The summed E-state index contributed by atoms with van der Waals surface area (Å²) in [6, 6.07) is 13.1. The highest BCUT2D eigenvalue weighted by Crippen LogP contribution is 2.21. The third-order valence-electron chi connectivity index (χ3n) is 3.52. The van der Waals surface area contributed by atoms with Crippen LogP contribution in [0.5, 0.6) is 5.75 Å². The summed E-state index contributed by atoms with van der Waals surface area (Å²) in [6.45, 7) is 0. The van der Waals surface area contributed by atoms with Crippen LogP contribution in [0.4, 0.5) is 0 Å². The minimum absolute atomic E-state index is 0.0254. The minimum atomic E-state index is -3.10. The molecule has 0 amide bonds. The van der Waals surface area contributed by atoms with Crippen molar-refractivity contribution in [3.8, 4) is 5.75 Å². The number of benzene rings is 2. The lowest BCUT2D eigenvalue weighted by Crippen LogP contribution is -2.41. The molecule has 0 aromatic heterocycles. The molecule has 7 heteroatoms. The number of hydrogen-bond acceptors (Lipinski definition) is 4. The number of rotatable bonds is 2. The highest BCUT2D eigenvalue weighted by Gasteiger charge is 2.37. The van der Waals surface area contributed by atoms with E-state index in [4.69, 9.17) is 28.6 Å². The Morgan fingerprint density at radius 2 is 1.91 bits per heavy atom. The molecule has 4 nitrogen and oxygen atoms in total. The largest absolute Gasteiger partial charge is 0.432 e. The van der Waals surface area contributed by atoms with Crippen molar-refractivity contribution in [2.45, 2.75) is 11.4 Å². The fourth-order valence-electron chi connectivity index (χ4n) is 2.46. The van der Waals surface area contributed by atoms with E-state index in [9.17, 15) is 8.42 Å². The molecule has 0 bridgehead atoms. The second kappa shape index (κ2) is 6.02. The molecule has 1 aliphatic rings. The molecule has 116 valence electrons. The smallest absolute Gasteiger partial charge is 0.262 e. The Labute approximate surface area is 139 Å². The van der Waals surface area contributed by atoms with Crippen molar-refractivity contribution in [3.63, 3.8) is 0 Å². The van der Waals surface area contributed by atoms with Gasteiger partial charge in [-0.1, -0.05) is 30.3 Å². The van der Waals surface area contributed by atoms with Crippen LogP contribution in [0.3, 0.4) is 0 Å². The van der Waals surface area contributed by atoms with E-state index in [0.29, 0.717) is 5.75 Å². The third kappa shape index (κ3) is 3.51. The Kier molecular flexibility index (Phi) is 4.25. The number of nitrogens with one attached hydrogen (secondary N) is 1. The minimum Gasteiger partial charge on any atom is -0.432 e. The van der Waals surface area contributed by atoms with Gasteiger partial charge in [-0.25, -0.2) is 8.42 Å². The summed E-state index contributed by atoms with van der Waals surface area (Å²) in [4.78, 5) is 0. The maximum Gasteiger partial charge on any atom is 0.262 e. The van der Waals surface area contributed by atoms with Crippen molar-refractivity contribution in [2.24, 2.45) is 0 Å². The Morgan fingerprint density at radius 3 is 2.59 bits per heavy atom. The van der Waals surface area contributed by atoms with E-state index in [1.165, 1.54) is 0 Å². The molecule has 1 N–H and O–H groups in total. The predicted octanol–water partition coefficient (Wildman–Crippen LogP) is 2.50. The van der Waals surface area contributed by atoms with E-state index in [0.717, 1.165) is 10.8 Å². The van der Waals surface area contributed by atoms with E-state index < -0.39 is 21.3 Å². The lowest BCUT2D eigenvalue weighted by Gasteiger charge is -2.16. The molecule has 22 heavy (non-hydrogen) atoms. The van der Waals surface area contributed by atoms with E-state index in [1.54, 1.807) is 0 Å². The molecule has 0 aliphatic carbocycles. The first-order valence-corrected chi connectivity index (χ1v) is 9.41. The zero-order valence-electron chi connectivity index (χ0n) is 11.5. The van der Waals surface area contributed by atoms with Crippen molar-refractivity contribution >= 4 is 49.6 Å². The van der Waals surface area contributed by atoms with Gasteiger partial charge in [0.1, 0.15) is 5.75 Å². The van der Waals surface area contributed by atoms with Gasteiger partial charge in [0, 0.05) is 0 Å². The number of halogens is 1. The average Bonchev–Trinajstić information content (AvgIpc) is 2.71. The second-order valence-corrected chi connectivity index (χ2v) is 8.33. The highest BCUT2D eigenvalue weighted by atomic mass is 35.5. The van der Waals surface area contributed by atoms with Crippen molar-refractivity contribution in [2.75, 3.05) is 11.5 Å². The Bertz CT molecular complexity index is 822. The summed E-state index contributed by atoms with van der Waals surface area (Å²) in [6.07, 6.45) is 0. The molecular formula is C15H14ClNO3S2.